The van der Waals surface area contributed by atoms with Crippen LogP contribution in [0.25, 0.3) is 0 Å². The van der Waals surface area contributed by atoms with Crippen molar-refractivity contribution >= 4 is 34.9 Å². The van der Waals surface area contributed by atoms with Crippen molar-refractivity contribution in [2.75, 3.05) is 11.9 Å². The number of carbonyl (C=O) groups excluding carboxylic acids is 1. The zero-order valence-electron chi connectivity index (χ0n) is 14.6. The average Bonchev–Trinajstić information content (AvgIpc) is 3.05. The van der Waals surface area contributed by atoms with E-state index in [9.17, 15) is 4.79 Å². The van der Waals surface area contributed by atoms with Gasteiger partial charge >= 0.3 is 6.03 Å². The third kappa shape index (κ3) is 3.68. The molecule has 2 heterocycles. The molecule has 4 nitrogen and oxygen atoms in total. The first-order chi connectivity index (χ1) is 13.1. The van der Waals surface area contributed by atoms with Crippen LogP contribution in [0.1, 0.15) is 23.7 Å². The molecule has 1 aliphatic rings. The second-order valence-electron chi connectivity index (χ2n) is 6.55. The molecule has 0 aliphatic carbocycles. The van der Waals surface area contributed by atoms with Crippen LogP contribution < -0.4 is 5.32 Å². The Kier molecular flexibility index (Phi) is 5.10. The van der Waals surface area contributed by atoms with E-state index in [0.29, 0.717) is 16.6 Å². The highest BCUT2D eigenvalue weighted by Gasteiger charge is 2.31. The molecular formula is C21H19Cl2N3O. The lowest BCUT2D eigenvalue weighted by atomic mass is 10.0. The van der Waals surface area contributed by atoms with Gasteiger partial charge in [-0.2, -0.15) is 0 Å². The lowest BCUT2D eigenvalue weighted by Crippen LogP contribution is -2.38. The van der Waals surface area contributed by atoms with Gasteiger partial charge in [0, 0.05) is 30.7 Å². The molecule has 0 bridgehead atoms. The summed E-state index contributed by atoms with van der Waals surface area (Å²) in [7, 11) is 0. The Morgan fingerprint density at radius 1 is 0.963 bits per heavy atom. The van der Waals surface area contributed by atoms with Crippen molar-refractivity contribution in [1.82, 2.24) is 9.47 Å². The van der Waals surface area contributed by atoms with Crippen LogP contribution in [-0.4, -0.2) is 22.0 Å². The number of nitrogens with one attached hydrogen (secondary N) is 1. The van der Waals surface area contributed by atoms with Crippen LogP contribution in [0.15, 0.2) is 66.9 Å². The van der Waals surface area contributed by atoms with Gasteiger partial charge in [0.15, 0.2) is 0 Å². The zero-order valence-corrected chi connectivity index (χ0v) is 16.1. The van der Waals surface area contributed by atoms with E-state index in [1.807, 2.05) is 53.4 Å². The molecule has 2 aromatic carbocycles. The molecule has 6 heteroatoms. The van der Waals surface area contributed by atoms with Crippen molar-refractivity contribution in [1.29, 1.82) is 0 Å². The molecule has 2 amide bonds. The molecule has 1 unspecified atom stereocenters. The van der Waals surface area contributed by atoms with Crippen LogP contribution in [0, 0.1) is 0 Å². The third-order valence-corrected chi connectivity index (χ3v) is 5.54. The first kappa shape index (κ1) is 18.0. The number of benzene rings is 2. The Bertz CT molecular complexity index is 955. The lowest BCUT2D eigenvalue weighted by molar-refractivity contribution is 0.199. The first-order valence-corrected chi connectivity index (χ1v) is 9.62. The summed E-state index contributed by atoms with van der Waals surface area (Å²) in [6.07, 6.45) is 2.93. The van der Waals surface area contributed by atoms with Crippen molar-refractivity contribution in [2.45, 2.75) is 19.0 Å². The van der Waals surface area contributed by atoms with Crippen molar-refractivity contribution in [3.05, 3.63) is 88.2 Å². The summed E-state index contributed by atoms with van der Waals surface area (Å²) in [4.78, 5) is 15.0. The van der Waals surface area contributed by atoms with Crippen molar-refractivity contribution < 1.29 is 4.79 Å². The minimum absolute atomic E-state index is 0.132. The number of anilines is 1. The monoisotopic (exact) mass is 399 g/mol. The zero-order chi connectivity index (χ0) is 18.8. The fraction of sp³-hybridized carbons (Fsp3) is 0.190. The number of fused-ring (bicyclic) bond motifs is 1. The standard InChI is InChI=1S/C21H19Cl2N3O/c22-17-10-9-15(14-18(17)23)20-19-8-4-11-25(19)12-5-13-26(20)21(27)24-16-6-2-1-3-7-16/h1-4,6-11,14,20H,5,12-13H2,(H,24,27). The number of nitrogens with zero attached hydrogens (tertiary/aromatic N) is 2. The van der Waals surface area contributed by atoms with Gasteiger partial charge in [0.25, 0.3) is 0 Å². The molecule has 1 aliphatic heterocycles. The number of amides is 2. The maximum Gasteiger partial charge on any atom is 0.322 e. The molecule has 1 aromatic heterocycles. The maximum atomic E-state index is 13.1. The van der Waals surface area contributed by atoms with E-state index in [4.69, 9.17) is 23.2 Å². The van der Waals surface area contributed by atoms with Crippen LogP contribution in [-0.2, 0) is 6.54 Å². The molecule has 0 saturated heterocycles. The highest BCUT2D eigenvalue weighted by Crippen LogP contribution is 2.35. The third-order valence-electron chi connectivity index (χ3n) is 4.80. The quantitative estimate of drug-likeness (QED) is 0.578. The second-order valence-corrected chi connectivity index (χ2v) is 7.36. The van der Waals surface area contributed by atoms with Crippen molar-refractivity contribution in [2.24, 2.45) is 0 Å². The molecule has 1 atom stereocenters. The molecule has 1 N–H and O–H groups in total. The summed E-state index contributed by atoms with van der Waals surface area (Å²) in [5.74, 6) is 0. The van der Waals surface area contributed by atoms with E-state index >= 15 is 0 Å². The number of hydrogen-bond donors (Lipinski definition) is 1. The SMILES string of the molecule is O=C(Nc1ccccc1)N1CCCn2cccc2C1c1ccc(Cl)c(Cl)c1. The van der Waals surface area contributed by atoms with Gasteiger partial charge in [-0.3, -0.25) is 0 Å². The summed E-state index contributed by atoms with van der Waals surface area (Å²) in [5, 5.41) is 4.00. The van der Waals surface area contributed by atoms with Gasteiger partial charge < -0.3 is 14.8 Å². The minimum Gasteiger partial charge on any atom is -0.349 e. The van der Waals surface area contributed by atoms with Crippen LogP contribution in [0.2, 0.25) is 10.0 Å². The number of hydrogen-bond acceptors (Lipinski definition) is 1. The number of urea groups is 1. The van der Waals surface area contributed by atoms with Crippen molar-refractivity contribution in [3.63, 3.8) is 0 Å². The van der Waals surface area contributed by atoms with Crippen molar-refractivity contribution in [3.8, 4) is 0 Å². The number of carbonyl (C=O) groups is 1. The normalized spacial score (nSPS) is 16.5. The van der Waals surface area contributed by atoms with Crippen LogP contribution >= 0.6 is 23.2 Å². The summed E-state index contributed by atoms with van der Waals surface area (Å²) in [6.45, 7) is 1.51. The van der Waals surface area contributed by atoms with Gasteiger partial charge in [0.2, 0.25) is 0 Å². The summed E-state index contributed by atoms with van der Waals surface area (Å²) >= 11 is 12.4. The Hall–Kier alpha value is -2.43. The smallest absolute Gasteiger partial charge is 0.322 e. The van der Waals surface area contributed by atoms with E-state index in [1.54, 1.807) is 6.07 Å². The lowest BCUT2D eigenvalue weighted by Gasteiger charge is -2.31. The highest BCUT2D eigenvalue weighted by molar-refractivity contribution is 6.42. The molecular weight excluding hydrogens is 381 g/mol. The van der Waals surface area contributed by atoms with E-state index in [2.05, 4.69) is 22.1 Å². The van der Waals surface area contributed by atoms with Gasteiger partial charge in [-0.25, -0.2) is 4.79 Å². The molecule has 0 fully saturated rings. The predicted octanol–water partition coefficient (Wildman–Crippen LogP) is 5.82. The van der Waals surface area contributed by atoms with Crippen LogP contribution in [0.4, 0.5) is 10.5 Å². The molecule has 4 rings (SSSR count). The number of para-hydroxylation sites is 1. The van der Waals surface area contributed by atoms with E-state index in [-0.39, 0.29) is 12.1 Å². The predicted molar refractivity (Wildman–Crippen MR) is 110 cm³/mol. The number of aromatic nitrogens is 1. The van der Waals surface area contributed by atoms with Crippen LogP contribution in [0.3, 0.4) is 0 Å². The highest BCUT2D eigenvalue weighted by atomic mass is 35.5. The number of halogens is 2. The average molecular weight is 400 g/mol. The Morgan fingerprint density at radius 3 is 2.56 bits per heavy atom. The summed E-state index contributed by atoms with van der Waals surface area (Å²) < 4.78 is 2.20. The number of aryl methyl sites for hydroxylation is 1. The molecule has 138 valence electrons. The first-order valence-electron chi connectivity index (χ1n) is 8.86. The van der Waals surface area contributed by atoms with Crippen LogP contribution in [0.5, 0.6) is 0 Å². The minimum atomic E-state index is -0.235. The molecule has 3 aromatic rings. The summed E-state index contributed by atoms with van der Waals surface area (Å²) in [6, 6.07) is 18.8. The largest absolute Gasteiger partial charge is 0.349 e. The molecule has 0 spiro atoms. The van der Waals surface area contributed by atoms with E-state index in [0.717, 1.165) is 29.9 Å². The van der Waals surface area contributed by atoms with Gasteiger partial charge in [-0.1, -0.05) is 47.5 Å². The Balaban J connectivity index is 1.73. The second kappa shape index (κ2) is 7.67. The van der Waals surface area contributed by atoms with Gasteiger partial charge in [-0.05, 0) is 48.4 Å². The fourth-order valence-corrected chi connectivity index (χ4v) is 3.85. The van der Waals surface area contributed by atoms with E-state index < -0.39 is 0 Å². The summed E-state index contributed by atoms with van der Waals surface area (Å²) in [5.41, 5.74) is 2.78. The van der Waals surface area contributed by atoms with Gasteiger partial charge in [-0.15, -0.1) is 0 Å². The Morgan fingerprint density at radius 2 is 1.78 bits per heavy atom. The van der Waals surface area contributed by atoms with Gasteiger partial charge in [0.1, 0.15) is 0 Å². The van der Waals surface area contributed by atoms with E-state index in [1.165, 1.54) is 0 Å². The molecule has 27 heavy (non-hydrogen) atoms. The molecule has 0 radical (unpaired) electrons. The topological polar surface area (TPSA) is 37.3 Å². The fourth-order valence-electron chi connectivity index (χ4n) is 3.55. The Labute approximate surface area is 168 Å². The maximum absolute atomic E-state index is 13.1. The number of rotatable bonds is 2. The molecule has 0 saturated carbocycles. The van der Waals surface area contributed by atoms with Gasteiger partial charge in [0.05, 0.1) is 16.1 Å².